The molecule has 1 atom stereocenters. The highest BCUT2D eigenvalue weighted by Gasteiger charge is 2.22. The SMILES string of the molecule is CC(CN)C(=O)NCC(C)(C)Oc1ccccc1.Cl. The summed E-state index contributed by atoms with van der Waals surface area (Å²) >= 11 is 0. The number of carbonyl (C=O) groups excluding carboxylic acids is 1. The van der Waals surface area contributed by atoms with Crippen molar-refractivity contribution >= 4 is 18.3 Å². The molecule has 0 bridgehead atoms. The molecule has 0 aliphatic heterocycles. The Balaban J connectivity index is 0.00000324. The van der Waals surface area contributed by atoms with Crippen LogP contribution in [0, 0.1) is 5.92 Å². The Morgan fingerprint density at radius 1 is 1.37 bits per heavy atom. The van der Waals surface area contributed by atoms with Crippen LogP contribution in [0.3, 0.4) is 0 Å². The van der Waals surface area contributed by atoms with Crippen molar-refractivity contribution in [3.8, 4) is 5.75 Å². The fraction of sp³-hybridized carbons (Fsp3) is 0.500. The van der Waals surface area contributed by atoms with Crippen LogP contribution in [-0.2, 0) is 4.79 Å². The summed E-state index contributed by atoms with van der Waals surface area (Å²) in [4.78, 5) is 11.6. The second-order valence-electron chi connectivity index (χ2n) is 5.03. The maximum atomic E-state index is 11.6. The van der Waals surface area contributed by atoms with Crippen molar-refractivity contribution < 1.29 is 9.53 Å². The fourth-order valence-electron chi connectivity index (χ4n) is 1.42. The Bertz CT molecular complexity index is 382. The van der Waals surface area contributed by atoms with Crippen LogP contribution in [0.4, 0.5) is 0 Å². The van der Waals surface area contributed by atoms with E-state index in [1.54, 1.807) is 6.92 Å². The Labute approximate surface area is 121 Å². The van der Waals surface area contributed by atoms with E-state index in [9.17, 15) is 4.79 Å². The first kappa shape index (κ1) is 17.7. The summed E-state index contributed by atoms with van der Waals surface area (Å²) in [6.45, 7) is 6.48. The van der Waals surface area contributed by atoms with E-state index >= 15 is 0 Å². The van der Waals surface area contributed by atoms with Gasteiger partial charge in [0.1, 0.15) is 11.4 Å². The van der Waals surface area contributed by atoms with E-state index in [4.69, 9.17) is 10.5 Å². The fourth-order valence-corrected chi connectivity index (χ4v) is 1.42. The van der Waals surface area contributed by atoms with Gasteiger partial charge in [0.25, 0.3) is 0 Å². The second-order valence-corrected chi connectivity index (χ2v) is 5.03. The molecule has 1 aromatic carbocycles. The molecule has 0 saturated carbocycles. The molecule has 0 heterocycles. The Hall–Kier alpha value is -1.26. The molecule has 5 heteroatoms. The predicted octanol–water partition coefficient (Wildman–Crippen LogP) is 1.98. The summed E-state index contributed by atoms with van der Waals surface area (Å²) in [6, 6.07) is 9.56. The van der Waals surface area contributed by atoms with Crippen molar-refractivity contribution in [2.75, 3.05) is 13.1 Å². The molecule has 0 aromatic heterocycles. The highest BCUT2D eigenvalue weighted by molar-refractivity contribution is 5.85. The summed E-state index contributed by atoms with van der Waals surface area (Å²) in [5, 5.41) is 2.85. The highest BCUT2D eigenvalue weighted by Crippen LogP contribution is 2.16. The molecule has 1 rings (SSSR count). The first-order valence-corrected chi connectivity index (χ1v) is 6.16. The maximum absolute atomic E-state index is 11.6. The number of benzene rings is 1. The van der Waals surface area contributed by atoms with E-state index in [2.05, 4.69) is 5.32 Å². The minimum absolute atomic E-state index is 0. The van der Waals surface area contributed by atoms with Crippen molar-refractivity contribution in [1.29, 1.82) is 0 Å². The number of ether oxygens (including phenoxy) is 1. The van der Waals surface area contributed by atoms with E-state index in [0.717, 1.165) is 5.75 Å². The topological polar surface area (TPSA) is 64.4 Å². The van der Waals surface area contributed by atoms with Gasteiger partial charge in [0.05, 0.1) is 6.54 Å². The van der Waals surface area contributed by atoms with Gasteiger partial charge < -0.3 is 15.8 Å². The van der Waals surface area contributed by atoms with Gasteiger partial charge in [-0.1, -0.05) is 25.1 Å². The number of hydrogen-bond acceptors (Lipinski definition) is 3. The van der Waals surface area contributed by atoms with Crippen molar-refractivity contribution in [2.24, 2.45) is 11.7 Å². The molecule has 0 aliphatic carbocycles. The van der Waals surface area contributed by atoms with Gasteiger partial charge in [-0.25, -0.2) is 0 Å². The number of nitrogens with two attached hydrogens (primary N) is 1. The molecular weight excluding hydrogens is 264 g/mol. The summed E-state index contributed by atoms with van der Waals surface area (Å²) in [5.74, 6) is 0.586. The van der Waals surface area contributed by atoms with Gasteiger partial charge >= 0.3 is 0 Å². The van der Waals surface area contributed by atoms with Crippen LogP contribution in [0.15, 0.2) is 30.3 Å². The molecule has 1 amide bonds. The lowest BCUT2D eigenvalue weighted by atomic mass is 10.1. The molecule has 0 spiro atoms. The van der Waals surface area contributed by atoms with Gasteiger partial charge in [0.15, 0.2) is 0 Å². The monoisotopic (exact) mass is 286 g/mol. The van der Waals surface area contributed by atoms with E-state index in [1.165, 1.54) is 0 Å². The number of halogens is 1. The van der Waals surface area contributed by atoms with Gasteiger partial charge in [0, 0.05) is 12.5 Å². The van der Waals surface area contributed by atoms with Crippen LogP contribution in [0.5, 0.6) is 5.75 Å². The van der Waals surface area contributed by atoms with Crippen LogP contribution in [-0.4, -0.2) is 24.6 Å². The van der Waals surface area contributed by atoms with E-state index in [1.807, 2.05) is 44.2 Å². The lowest BCUT2D eigenvalue weighted by Gasteiger charge is -2.27. The minimum atomic E-state index is -0.453. The third kappa shape index (κ3) is 6.45. The van der Waals surface area contributed by atoms with Crippen LogP contribution >= 0.6 is 12.4 Å². The van der Waals surface area contributed by atoms with Gasteiger partial charge in [-0.3, -0.25) is 4.79 Å². The van der Waals surface area contributed by atoms with E-state index in [0.29, 0.717) is 13.1 Å². The van der Waals surface area contributed by atoms with Gasteiger partial charge in [-0.2, -0.15) is 0 Å². The quantitative estimate of drug-likeness (QED) is 0.840. The summed E-state index contributed by atoms with van der Waals surface area (Å²) < 4.78 is 5.82. The molecule has 4 nitrogen and oxygen atoms in total. The minimum Gasteiger partial charge on any atom is -0.486 e. The number of hydrogen-bond donors (Lipinski definition) is 2. The maximum Gasteiger partial charge on any atom is 0.224 e. The van der Waals surface area contributed by atoms with Gasteiger partial charge in [-0.15, -0.1) is 12.4 Å². The van der Waals surface area contributed by atoms with Gasteiger partial charge in [0.2, 0.25) is 5.91 Å². The Morgan fingerprint density at radius 2 is 1.95 bits per heavy atom. The van der Waals surface area contributed by atoms with Crippen LogP contribution < -0.4 is 15.8 Å². The van der Waals surface area contributed by atoms with Crippen LogP contribution in [0.2, 0.25) is 0 Å². The summed E-state index contributed by atoms with van der Waals surface area (Å²) in [5.41, 5.74) is 4.99. The average molecular weight is 287 g/mol. The molecule has 1 aromatic rings. The number of rotatable bonds is 6. The summed E-state index contributed by atoms with van der Waals surface area (Å²) in [6.07, 6.45) is 0. The third-order valence-electron chi connectivity index (χ3n) is 2.63. The molecule has 108 valence electrons. The van der Waals surface area contributed by atoms with Gasteiger partial charge in [-0.05, 0) is 26.0 Å². The Morgan fingerprint density at radius 3 is 2.47 bits per heavy atom. The number of amides is 1. The first-order chi connectivity index (χ1) is 8.44. The van der Waals surface area contributed by atoms with E-state index < -0.39 is 5.60 Å². The number of carbonyl (C=O) groups is 1. The van der Waals surface area contributed by atoms with Crippen LogP contribution in [0.1, 0.15) is 20.8 Å². The van der Waals surface area contributed by atoms with Crippen LogP contribution in [0.25, 0.3) is 0 Å². The molecule has 0 aliphatic rings. The molecule has 0 fully saturated rings. The number of nitrogens with one attached hydrogen (secondary N) is 1. The molecule has 1 unspecified atom stereocenters. The normalized spacial score (nSPS) is 12.2. The molecular formula is C14H23ClN2O2. The zero-order chi connectivity index (χ0) is 13.6. The lowest BCUT2D eigenvalue weighted by molar-refractivity contribution is -0.125. The van der Waals surface area contributed by atoms with Crippen molar-refractivity contribution in [2.45, 2.75) is 26.4 Å². The largest absolute Gasteiger partial charge is 0.486 e. The predicted molar refractivity (Wildman–Crippen MR) is 79.6 cm³/mol. The second kappa shape index (κ2) is 8.02. The Kier molecular flexibility index (Phi) is 7.49. The standard InChI is InChI=1S/C14H22N2O2.ClH/c1-11(9-15)13(17)16-10-14(2,3)18-12-7-5-4-6-8-12;/h4-8,11H,9-10,15H2,1-3H3,(H,16,17);1H. The van der Waals surface area contributed by atoms with E-state index in [-0.39, 0.29) is 24.2 Å². The molecule has 3 N–H and O–H groups in total. The lowest BCUT2D eigenvalue weighted by Crippen LogP contribution is -2.45. The smallest absolute Gasteiger partial charge is 0.224 e. The third-order valence-corrected chi connectivity index (χ3v) is 2.63. The zero-order valence-electron chi connectivity index (χ0n) is 11.7. The first-order valence-electron chi connectivity index (χ1n) is 6.16. The zero-order valence-corrected chi connectivity index (χ0v) is 12.5. The molecule has 0 radical (unpaired) electrons. The van der Waals surface area contributed by atoms with Crippen molar-refractivity contribution in [1.82, 2.24) is 5.32 Å². The molecule has 19 heavy (non-hydrogen) atoms. The molecule has 0 saturated heterocycles. The average Bonchev–Trinajstić information content (AvgIpc) is 2.35. The number of para-hydroxylation sites is 1. The summed E-state index contributed by atoms with van der Waals surface area (Å²) in [7, 11) is 0. The highest BCUT2D eigenvalue weighted by atomic mass is 35.5. The van der Waals surface area contributed by atoms with Crippen molar-refractivity contribution in [3.63, 3.8) is 0 Å². The van der Waals surface area contributed by atoms with Crippen molar-refractivity contribution in [3.05, 3.63) is 30.3 Å².